The van der Waals surface area contributed by atoms with Gasteiger partial charge in [-0.15, -0.1) is 11.8 Å². The molecule has 146 valence electrons. The number of carbonyl (C=O) groups excluding carboxylic acids is 1. The second kappa shape index (κ2) is 9.25. The fourth-order valence-corrected chi connectivity index (χ4v) is 4.79. The number of likely N-dealkylation sites (N-methyl/N-ethyl adjacent to an activating group) is 1. The maximum absolute atomic E-state index is 13.1. The lowest BCUT2D eigenvalue weighted by Gasteiger charge is -2.22. The summed E-state index contributed by atoms with van der Waals surface area (Å²) in [5.74, 6) is -0.138. The van der Waals surface area contributed by atoms with Crippen LogP contribution in [0.5, 0.6) is 5.75 Å². The number of hydrogen-bond acceptors (Lipinski definition) is 5. The highest BCUT2D eigenvalue weighted by Crippen LogP contribution is 2.28. The van der Waals surface area contributed by atoms with Gasteiger partial charge >= 0.3 is 0 Å². The summed E-state index contributed by atoms with van der Waals surface area (Å²) in [4.78, 5) is 13.5. The summed E-state index contributed by atoms with van der Waals surface area (Å²) < 4.78 is 32.5. The predicted molar refractivity (Wildman–Crippen MR) is 109 cm³/mol. The summed E-state index contributed by atoms with van der Waals surface area (Å²) in [7, 11) is -2.45. The maximum Gasteiger partial charge on any atom is 0.247 e. The molecule has 2 aromatic carbocycles. The molecule has 0 aliphatic heterocycles. The number of carbonyl (C=O) groups is 1. The quantitative estimate of drug-likeness (QED) is 0.678. The van der Waals surface area contributed by atoms with Crippen LogP contribution in [0.1, 0.15) is 12.5 Å². The molecule has 0 fully saturated rings. The minimum Gasteiger partial charge on any atom is -0.495 e. The molecule has 8 heteroatoms. The van der Waals surface area contributed by atoms with Gasteiger partial charge in [0.25, 0.3) is 0 Å². The maximum atomic E-state index is 13.1. The molecule has 0 saturated carbocycles. The van der Waals surface area contributed by atoms with Gasteiger partial charge in [0.1, 0.15) is 10.6 Å². The highest BCUT2D eigenvalue weighted by molar-refractivity contribution is 7.98. The van der Waals surface area contributed by atoms with Gasteiger partial charge in [-0.05, 0) is 43.0 Å². The summed E-state index contributed by atoms with van der Waals surface area (Å²) in [6.45, 7) is 3.39. The number of thioether (sulfide) groups is 1. The Morgan fingerprint density at radius 2 is 1.93 bits per heavy atom. The Morgan fingerprint density at radius 1 is 1.22 bits per heavy atom. The zero-order valence-electron chi connectivity index (χ0n) is 15.9. The van der Waals surface area contributed by atoms with Gasteiger partial charge in [-0.1, -0.05) is 25.1 Å². The Kier molecular flexibility index (Phi) is 7.29. The van der Waals surface area contributed by atoms with Crippen molar-refractivity contribution in [1.82, 2.24) is 4.31 Å². The molecule has 0 radical (unpaired) electrons. The molecule has 0 spiro atoms. The Morgan fingerprint density at radius 3 is 2.56 bits per heavy atom. The number of nitrogens with zero attached hydrogens (tertiary/aromatic N) is 1. The predicted octanol–water partition coefficient (Wildman–Crippen LogP) is 3.37. The minimum atomic E-state index is -3.88. The van der Waals surface area contributed by atoms with Gasteiger partial charge in [-0.25, -0.2) is 8.42 Å². The van der Waals surface area contributed by atoms with E-state index in [1.807, 2.05) is 24.5 Å². The van der Waals surface area contributed by atoms with E-state index in [4.69, 9.17) is 4.74 Å². The smallest absolute Gasteiger partial charge is 0.247 e. The molecule has 6 nitrogen and oxygen atoms in total. The highest BCUT2D eigenvalue weighted by Gasteiger charge is 2.28. The molecule has 0 atom stereocenters. The number of sulfonamides is 1. The number of hydrogen-bond donors (Lipinski definition) is 1. The molecule has 1 amide bonds. The van der Waals surface area contributed by atoms with Gasteiger partial charge < -0.3 is 10.1 Å². The molecular weight excluding hydrogens is 384 g/mol. The number of anilines is 1. The first-order chi connectivity index (χ1) is 12.8. The lowest BCUT2D eigenvalue weighted by Crippen LogP contribution is -2.38. The van der Waals surface area contributed by atoms with Crippen LogP contribution in [0.3, 0.4) is 0 Å². The van der Waals surface area contributed by atoms with Gasteiger partial charge in [0.2, 0.25) is 15.9 Å². The van der Waals surface area contributed by atoms with Crippen LogP contribution in [0.25, 0.3) is 0 Å². The number of benzene rings is 2. The van der Waals surface area contributed by atoms with Crippen molar-refractivity contribution in [2.45, 2.75) is 23.6 Å². The van der Waals surface area contributed by atoms with Crippen molar-refractivity contribution in [2.75, 3.05) is 31.8 Å². The van der Waals surface area contributed by atoms with Crippen molar-refractivity contribution >= 4 is 33.4 Å². The van der Waals surface area contributed by atoms with Crippen molar-refractivity contribution < 1.29 is 17.9 Å². The van der Waals surface area contributed by atoms with E-state index in [9.17, 15) is 13.2 Å². The first-order valence-corrected chi connectivity index (χ1v) is 11.1. The molecule has 0 heterocycles. The van der Waals surface area contributed by atoms with E-state index in [2.05, 4.69) is 5.32 Å². The van der Waals surface area contributed by atoms with E-state index < -0.39 is 15.9 Å². The third-order valence-electron chi connectivity index (χ3n) is 3.99. The molecule has 2 aromatic rings. The van der Waals surface area contributed by atoms with Crippen molar-refractivity contribution in [1.29, 1.82) is 0 Å². The third-order valence-corrected chi connectivity index (χ3v) is 6.73. The number of methoxy groups -OCH3 is 1. The molecular formula is C19H24N2O4S2. The molecule has 2 rings (SSSR count). The number of amides is 1. The van der Waals surface area contributed by atoms with E-state index in [0.717, 1.165) is 14.8 Å². The van der Waals surface area contributed by atoms with E-state index >= 15 is 0 Å². The van der Waals surface area contributed by atoms with Crippen molar-refractivity contribution in [2.24, 2.45) is 0 Å². The van der Waals surface area contributed by atoms with Crippen LogP contribution in [0.2, 0.25) is 0 Å². The lowest BCUT2D eigenvalue weighted by molar-refractivity contribution is -0.116. The average molecular weight is 409 g/mol. The van der Waals surface area contributed by atoms with Gasteiger partial charge in [0, 0.05) is 11.4 Å². The summed E-state index contributed by atoms with van der Waals surface area (Å²) >= 11 is 1.51. The Bertz CT molecular complexity index is 914. The number of ether oxygens (including phenoxy) is 1. The number of aryl methyl sites for hydroxylation is 1. The number of para-hydroxylation sites is 1. The van der Waals surface area contributed by atoms with E-state index in [0.29, 0.717) is 5.69 Å². The van der Waals surface area contributed by atoms with Crippen LogP contribution in [-0.2, 0) is 14.8 Å². The molecule has 27 heavy (non-hydrogen) atoms. The number of rotatable bonds is 8. The van der Waals surface area contributed by atoms with Crippen LogP contribution in [0, 0.1) is 6.92 Å². The number of nitrogens with one attached hydrogen (secondary N) is 1. The third kappa shape index (κ3) is 5.03. The lowest BCUT2D eigenvalue weighted by atomic mass is 10.2. The van der Waals surface area contributed by atoms with E-state index in [1.54, 1.807) is 38.1 Å². The standard InChI is InChI=1S/C19H24N2O4S2/c1-5-21(13-19(22)20-15-8-6-7-9-17(15)26-4)27(23,24)18-12-14(2)10-11-16(18)25-3/h6-12H,5,13H2,1-4H3,(H,20,22). The second-order valence-electron chi connectivity index (χ2n) is 5.83. The second-order valence-corrected chi connectivity index (χ2v) is 8.59. The first-order valence-electron chi connectivity index (χ1n) is 8.41. The summed E-state index contributed by atoms with van der Waals surface area (Å²) in [5, 5.41) is 2.79. The molecule has 0 aromatic heterocycles. The molecule has 0 unspecified atom stereocenters. The summed E-state index contributed by atoms with van der Waals surface area (Å²) in [6.07, 6.45) is 1.91. The van der Waals surface area contributed by atoms with Crippen molar-refractivity contribution in [3.8, 4) is 5.75 Å². The molecule has 0 aliphatic carbocycles. The molecule has 0 bridgehead atoms. The zero-order chi connectivity index (χ0) is 20.0. The monoisotopic (exact) mass is 408 g/mol. The molecule has 0 aliphatic rings. The SMILES string of the molecule is CCN(CC(=O)Nc1ccccc1SC)S(=O)(=O)c1cc(C)ccc1OC. The Balaban J connectivity index is 2.25. The van der Waals surface area contributed by atoms with Crippen LogP contribution in [0.4, 0.5) is 5.69 Å². The first kappa shape index (κ1) is 21.3. The van der Waals surface area contributed by atoms with Crippen molar-refractivity contribution in [3.05, 3.63) is 48.0 Å². The van der Waals surface area contributed by atoms with E-state index in [1.165, 1.54) is 18.9 Å². The molecule has 1 N–H and O–H groups in total. The van der Waals surface area contributed by atoms with Gasteiger partial charge in [0.15, 0.2) is 0 Å². The topological polar surface area (TPSA) is 75.7 Å². The Labute approximate surface area is 165 Å². The van der Waals surface area contributed by atoms with Crippen LogP contribution in [-0.4, -0.2) is 45.1 Å². The average Bonchev–Trinajstić information content (AvgIpc) is 2.66. The largest absolute Gasteiger partial charge is 0.495 e. The summed E-state index contributed by atoms with van der Waals surface area (Å²) in [5.41, 5.74) is 1.46. The van der Waals surface area contributed by atoms with Gasteiger partial charge in [-0.3, -0.25) is 4.79 Å². The fourth-order valence-electron chi connectivity index (χ4n) is 2.59. The van der Waals surface area contributed by atoms with Crippen molar-refractivity contribution in [3.63, 3.8) is 0 Å². The van der Waals surface area contributed by atoms with Crippen LogP contribution < -0.4 is 10.1 Å². The Hall–Kier alpha value is -2.03. The van der Waals surface area contributed by atoms with E-state index in [-0.39, 0.29) is 23.7 Å². The molecule has 0 saturated heterocycles. The van der Waals surface area contributed by atoms with Gasteiger partial charge in [-0.2, -0.15) is 4.31 Å². The van der Waals surface area contributed by atoms with Gasteiger partial charge in [0.05, 0.1) is 19.3 Å². The highest BCUT2D eigenvalue weighted by atomic mass is 32.2. The van der Waals surface area contributed by atoms with Crippen LogP contribution >= 0.6 is 11.8 Å². The zero-order valence-corrected chi connectivity index (χ0v) is 17.5. The normalized spacial score (nSPS) is 11.4. The fraction of sp³-hybridized carbons (Fsp3) is 0.316. The summed E-state index contributed by atoms with van der Waals surface area (Å²) in [6, 6.07) is 12.3. The minimum absolute atomic E-state index is 0.0594. The van der Waals surface area contributed by atoms with Crippen LogP contribution in [0.15, 0.2) is 52.3 Å².